The Morgan fingerprint density at radius 1 is 1.11 bits per heavy atom. The van der Waals surface area contributed by atoms with Crippen molar-refractivity contribution in [3.8, 4) is 11.8 Å². The summed E-state index contributed by atoms with van der Waals surface area (Å²) in [6, 6.07) is -0.633. The fourth-order valence-electron chi connectivity index (χ4n) is 2.89. The van der Waals surface area contributed by atoms with Crippen LogP contribution in [0.5, 0.6) is 11.8 Å². The van der Waals surface area contributed by atoms with Gasteiger partial charge in [-0.25, -0.2) is 14.8 Å². The lowest BCUT2D eigenvalue weighted by atomic mass is 9.92. The molecule has 1 atom stereocenters. The Morgan fingerprint density at radius 3 is 2.29 bits per heavy atom. The maximum absolute atomic E-state index is 12.3. The van der Waals surface area contributed by atoms with Crippen LogP contribution in [0, 0.1) is 0 Å². The quantitative estimate of drug-likeness (QED) is 0.761. The molecule has 1 aromatic rings. The fraction of sp³-hybridized carbons (Fsp3) is 0.684. The van der Waals surface area contributed by atoms with Crippen molar-refractivity contribution in [2.24, 2.45) is 0 Å². The molecule has 9 heteroatoms. The van der Waals surface area contributed by atoms with Crippen LogP contribution in [-0.4, -0.2) is 52.9 Å². The molecular formula is C19H30N4O5. The molecule has 0 bridgehead atoms. The molecule has 0 radical (unpaired) electrons. The predicted octanol–water partition coefficient (Wildman–Crippen LogP) is 2.20. The smallest absolute Gasteiger partial charge is 0.408 e. The highest BCUT2D eigenvalue weighted by Crippen LogP contribution is 2.27. The molecule has 1 aliphatic rings. The Bertz CT molecular complexity index is 669. The number of methoxy groups -OCH3 is 1. The van der Waals surface area contributed by atoms with E-state index in [-0.39, 0.29) is 18.1 Å². The number of amides is 2. The predicted molar refractivity (Wildman–Crippen MR) is 102 cm³/mol. The summed E-state index contributed by atoms with van der Waals surface area (Å²) >= 11 is 0. The van der Waals surface area contributed by atoms with Gasteiger partial charge in [0.15, 0.2) is 0 Å². The molecule has 9 nitrogen and oxygen atoms in total. The van der Waals surface area contributed by atoms with Gasteiger partial charge in [-0.3, -0.25) is 4.79 Å². The van der Waals surface area contributed by atoms with E-state index in [9.17, 15) is 9.59 Å². The van der Waals surface area contributed by atoms with Crippen molar-refractivity contribution in [1.29, 1.82) is 0 Å². The number of nitrogens with zero attached hydrogens (tertiary/aromatic N) is 2. The van der Waals surface area contributed by atoms with Crippen LogP contribution < -0.4 is 20.1 Å². The first-order chi connectivity index (χ1) is 13.2. The van der Waals surface area contributed by atoms with Gasteiger partial charge in [0.1, 0.15) is 17.7 Å². The van der Waals surface area contributed by atoms with Crippen molar-refractivity contribution in [1.82, 2.24) is 20.6 Å². The lowest BCUT2D eigenvalue weighted by Gasteiger charge is -2.30. The highest BCUT2D eigenvalue weighted by atomic mass is 16.6. The molecular weight excluding hydrogens is 364 g/mol. The molecule has 1 heterocycles. The minimum absolute atomic E-state index is 0.00364. The van der Waals surface area contributed by atoms with Gasteiger partial charge in [0.2, 0.25) is 5.91 Å². The van der Waals surface area contributed by atoms with Crippen molar-refractivity contribution in [2.45, 2.75) is 77.2 Å². The number of hydrogen-bond acceptors (Lipinski definition) is 7. The average Bonchev–Trinajstić information content (AvgIpc) is 2.62. The van der Waals surface area contributed by atoms with Gasteiger partial charge in [-0.2, -0.15) is 0 Å². The number of hydrogen-bond donors (Lipinski definition) is 2. The van der Waals surface area contributed by atoms with E-state index >= 15 is 0 Å². The zero-order chi connectivity index (χ0) is 20.7. The van der Waals surface area contributed by atoms with Crippen LogP contribution in [0.4, 0.5) is 4.79 Å². The Labute approximate surface area is 165 Å². The van der Waals surface area contributed by atoms with Gasteiger partial charge in [0.25, 0.3) is 11.8 Å². The first-order valence-electron chi connectivity index (χ1n) is 9.49. The maximum Gasteiger partial charge on any atom is 0.408 e. The summed E-state index contributed by atoms with van der Waals surface area (Å²) in [5.74, 6) is 0.512. The number of nitrogens with one attached hydrogen (secondary N) is 2. The zero-order valence-corrected chi connectivity index (χ0v) is 17.2. The maximum atomic E-state index is 12.3. The van der Waals surface area contributed by atoms with Gasteiger partial charge in [0, 0.05) is 18.4 Å². The van der Waals surface area contributed by atoms with E-state index in [1.807, 2.05) is 0 Å². The number of aromatic nitrogens is 2. The second-order valence-corrected chi connectivity index (χ2v) is 7.84. The van der Waals surface area contributed by atoms with Gasteiger partial charge in [-0.1, -0.05) is 0 Å². The topological polar surface area (TPSA) is 112 Å². The first-order valence-corrected chi connectivity index (χ1v) is 9.49. The molecule has 1 aromatic heterocycles. The Kier molecular flexibility index (Phi) is 7.42. The summed E-state index contributed by atoms with van der Waals surface area (Å²) < 4.78 is 16.2. The van der Waals surface area contributed by atoms with E-state index in [1.165, 1.54) is 7.11 Å². The third-order valence-electron chi connectivity index (χ3n) is 4.25. The van der Waals surface area contributed by atoms with Crippen molar-refractivity contribution < 1.29 is 23.8 Å². The highest BCUT2D eigenvalue weighted by molar-refractivity contribution is 5.85. The summed E-state index contributed by atoms with van der Waals surface area (Å²) in [6.07, 6.45) is 5.60. The number of ether oxygens (including phenoxy) is 3. The van der Waals surface area contributed by atoms with E-state index in [0.29, 0.717) is 11.8 Å². The van der Waals surface area contributed by atoms with Crippen LogP contribution in [0.1, 0.15) is 53.4 Å². The molecule has 0 aromatic carbocycles. The largest absolute Gasteiger partial charge is 0.477 e. The van der Waals surface area contributed by atoms with Gasteiger partial charge in [-0.15, -0.1) is 0 Å². The van der Waals surface area contributed by atoms with Gasteiger partial charge in [0.05, 0.1) is 7.11 Å². The second-order valence-electron chi connectivity index (χ2n) is 7.84. The van der Waals surface area contributed by atoms with E-state index in [0.717, 1.165) is 25.7 Å². The molecule has 1 fully saturated rings. The van der Waals surface area contributed by atoms with Crippen LogP contribution in [0.15, 0.2) is 12.4 Å². The lowest BCUT2D eigenvalue weighted by molar-refractivity contribution is -0.123. The molecule has 1 unspecified atom stereocenters. The molecule has 0 spiro atoms. The Balaban J connectivity index is 1.75. The van der Waals surface area contributed by atoms with Crippen molar-refractivity contribution in [3.63, 3.8) is 0 Å². The third-order valence-corrected chi connectivity index (χ3v) is 4.25. The molecule has 2 N–H and O–H groups in total. The standard InChI is InChI=1S/C19H30N4O5/c1-12(22-18(25)28-19(2,3)4)15(24)23-13-6-8-14(9-7-13)27-17-16(26-5)20-10-11-21-17/h10-14H,6-9H2,1-5H3,(H,22,25)(H,23,24). The van der Waals surface area contributed by atoms with Crippen LogP contribution in [-0.2, 0) is 9.53 Å². The molecule has 28 heavy (non-hydrogen) atoms. The van der Waals surface area contributed by atoms with Crippen LogP contribution in [0.3, 0.4) is 0 Å². The van der Waals surface area contributed by atoms with Gasteiger partial charge < -0.3 is 24.8 Å². The summed E-state index contributed by atoms with van der Waals surface area (Å²) in [5, 5.41) is 5.53. The zero-order valence-electron chi connectivity index (χ0n) is 17.2. The number of carbonyl (C=O) groups excluding carboxylic acids is 2. The fourth-order valence-corrected chi connectivity index (χ4v) is 2.89. The number of alkyl carbamates (subject to hydrolysis) is 1. The first kappa shape index (κ1) is 21.7. The second kappa shape index (κ2) is 9.57. The molecule has 0 saturated heterocycles. The number of rotatable bonds is 6. The van der Waals surface area contributed by atoms with Crippen LogP contribution in [0.2, 0.25) is 0 Å². The Hall–Kier alpha value is -2.58. The normalized spacial score (nSPS) is 20.6. The molecule has 2 amide bonds. The van der Waals surface area contributed by atoms with Gasteiger partial charge in [-0.05, 0) is 53.4 Å². The molecule has 1 saturated carbocycles. The van der Waals surface area contributed by atoms with Crippen molar-refractivity contribution in [3.05, 3.63) is 12.4 Å². The minimum Gasteiger partial charge on any atom is -0.477 e. The van der Waals surface area contributed by atoms with E-state index < -0.39 is 17.7 Å². The molecule has 1 aliphatic carbocycles. The molecule has 0 aliphatic heterocycles. The minimum atomic E-state index is -0.673. The van der Waals surface area contributed by atoms with E-state index in [4.69, 9.17) is 14.2 Å². The lowest BCUT2D eigenvalue weighted by Crippen LogP contribution is -2.50. The van der Waals surface area contributed by atoms with Gasteiger partial charge >= 0.3 is 6.09 Å². The van der Waals surface area contributed by atoms with Crippen LogP contribution in [0.25, 0.3) is 0 Å². The van der Waals surface area contributed by atoms with E-state index in [2.05, 4.69) is 20.6 Å². The summed E-state index contributed by atoms with van der Waals surface area (Å²) in [6.45, 7) is 6.95. The Morgan fingerprint density at radius 2 is 1.71 bits per heavy atom. The van der Waals surface area contributed by atoms with E-state index in [1.54, 1.807) is 40.1 Å². The summed E-state index contributed by atoms with van der Waals surface area (Å²) in [5.41, 5.74) is -0.607. The third kappa shape index (κ3) is 6.86. The highest BCUT2D eigenvalue weighted by Gasteiger charge is 2.27. The number of carbonyl (C=O) groups is 2. The summed E-state index contributed by atoms with van der Waals surface area (Å²) in [7, 11) is 1.52. The average molecular weight is 394 g/mol. The summed E-state index contributed by atoms with van der Waals surface area (Å²) in [4.78, 5) is 32.3. The van der Waals surface area contributed by atoms with Crippen molar-refractivity contribution >= 4 is 12.0 Å². The molecule has 2 rings (SSSR count). The SMILES string of the molecule is COc1nccnc1OC1CCC(NC(=O)C(C)NC(=O)OC(C)(C)C)CC1. The monoisotopic (exact) mass is 394 g/mol. The molecule has 156 valence electrons. The van der Waals surface area contributed by atoms with Crippen LogP contribution >= 0.6 is 0 Å². The van der Waals surface area contributed by atoms with Crippen molar-refractivity contribution in [2.75, 3.05) is 7.11 Å².